The Morgan fingerprint density at radius 3 is 2.37 bits per heavy atom. The molecule has 2 aliphatic rings. The standard InChI is InChI=1S/C21H22BrN3O2/c22-17-6-4-5-16(13-17)19-14-20(26)25(21(19)27)15-23-9-11-24(12-10-23)18-7-2-1-3-8-18/h1-8,13,19H,9-12,14-15H2. The van der Waals surface area contributed by atoms with Gasteiger partial charge in [-0.1, -0.05) is 46.3 Å². The lowest BCUT2D eigenvalue weighted by Gasteiger charge is -2.37. The summed E-state index contributed by atoms with van der Waals surface area (Å²) in [6.45, 7) is 3.87. The molecule has 0 radical (unpaired) electrons. The molecule has 0 aliphatic carbocycles. The van der Waals surface area contributed by atoms with Crippen molar-refractivity contribution < 1.29 is 9.59 Å². The van der Waals surface area contributed by atoms with E-state index in [0.29, 0.717) is 6.67 Å². The minimum Gasteiger partial charge on any atom is -0.369 e. The molecule has 5 nitrogen and oxygen atoms in total. The molecule has 2 aliphatic heterocycles. The molecule has 1 atom stereocenters. The normalized spacial score (nSPS) is 21.1. The van der Waals surface area contributed by atoms with Crippen LogP contribution in [0, 0.1) is 0 Å². The predicted octanol–water partition coefficient (Wildman–Crippen LogP) is 3.07. The van der Waals surface area contributed by atoms with E-state index in [4.69, 9.17) is 0 Å². The number of benzene rings is 2. The predicted molar refractivity (Wildman–Crippen MR) is 108 cm³/mol. The van der Waals surface area contributed by atoms with Gasteiger partial charge in [0, 0.05) is 42.8 Å². The molecule has 0 spiro atoms. The summed E-state index contributed by atoms with van der Waals surface area (Å²) in [7, 11) is 0. The monoisotopic (exact) mass is 427 g/mol. The van der Waals surface area contributed by atoms with Crippen LogP contribution in [0.15, 0.2) is 59.1 Å². The van der Waals surface area contributed by atoms with Crippen molar-refractivity contribution in [1.82, 2.24) is 9.80 Å². The Bertz CT molecular complexity index is 834. The van der Waals surface area contributed by atoms with Crippen LogP contribution in [0.5, 0.6) is 0 Å². The number of piperazine rings is 1. The van der Waals surface area contributed by atoms with Crippen molar-refractivity contribution in [2.24, 2.45) is 0 Å². The Morgan fingerprint density at radius 2 is 1.67 bits per heavy atom. The molecule has 2 saturated heterocycles. The lowest BCUT2D eigenvalue weighted by molar-refractivity contribution is -0.141. The molecule has 2 aromatic carbocycles. The SMILES string of the molecule is O=C1CC(c2cccc(Br)c2)C(=O)N1CN1CCN(c2ccccc2)CC1. The Balaban J connectivity index is 1.37. The maximum Gasteiger partial charge on any atom is 0.238 e. The molecule has 0 N–H and O–H groups in total. The maximum absolute atomic E-state index is 12.8. The van der Waals surface area contributed by atoms with Crippen molar-refractivity contribution in [1.29, 1.82) is 0 Å². The van der Waals surface area contributed by atoms with Crippen LogP contribution in [0.25, 0.3) is 0 Å². The quantitative estimate of drug-likeness (QED) is 0.703. The van der Waals surface area contributed by atoms with Gasteiger partial charge in [0.1, 0.15) is 0 Å². The van der Waals surface area contributed by atoms with Gasteiger partial charge in [0.15, 0.2) is 0 Å². The molecule has 1 unspecified atom stereocenters. The number of likely N-dealkylation sites (tertiary alicyclic amines) is 1. The summed E-state index contributed by atoms with van der Waals surface area (Å²) in [5.74, 6) is -0.514. The van der Waals surface area contributed by atoms with E-state index in [1.807, 2.05) is 42.5 Å². The number of anilines is 1. The zero-order valence-electron chi connectivity index (χ0n) is 15.1. The topological polar surface area (TPSA) is 43.9 Å². The number of carbonyl (C=O) groups is 2. The van der Waals surface area contributed by atoms with Crippen LogP contribution >= 0.6 is 15.9 Å². The molecule has 2 amide bonds. The molecule has 4 rings (SSSR count). The second-order valence-corrected chi connectivity index (χ2v) is 7.97. The number of halogens is 1. The number of carbonyl (C=O) groups excluding carboxylic acids is 2. The van der Waals surface area contributed by atoms with Gasteiger partial charge >= 0.3 is 0 Å². The molecule has 6 heteroatoms. The van der Waals surface area contributed by atoms with Crippen molar-refractivity contribution in [3.05, 3.63) is 64.6 Å². The average Bonchev–Trinajstić information content (AvgIpc) is 2.97. The first-order valence-corrected chi connectivity index (χ1v) is 10.0. The van der Waals surface area contributed by atoms with Crippen molar-refractivity contribution in [3.8, 4) is 0 Å². The van der Waals surface area contributed by atoms with Crippen molar-refractivity contribution >= 4 is 33.4 Å². The van der Waals surface area contributed by atoms with Crippen LogP contribution < -0.4 is 4.90 Å². The number of hydrogen-bond donors (Lipinski definition) is 0. The van der Waals surface area contributed by atoms with E-state index in [1.54, 1.807) is 0 Å². The molecular weight excluding hydrogens is 406 g/mol. The van der Waals surface area contributed by atoms with Crippen LogP contribution in [-0.4, -0.2) is 54.5 Å². The first-order valence-electron chi connectivity index (χ1n) is 9.24. The minimum atomic E-state index is -0.361. The van der Waals surface area contributed by atoms with Gasteiger partial charge < -0.3 is 4.90 Å². The van der Waals surface area contributed by atoms with Gasteiger partial charge in [0.05, 0.1) is 12.6 Å². The third-order valence-electron chi connectivity index (χ3n) is 5.33. The van der Waals surface area contributed by atoms with E-state index < -0.39 is 0 Å². The van der Waals surface area contributed by atoms with Gasteiger partial charge in [-0.3, -0.25) is 19.4 Å². The third-order valence-corrected chi connectivity index (χ3v) is 5.82. The summed E-state index contributed by atoms with van der Waals surface area (Å²) >= 11 is 3.44. The molecule has 0 saturated carbocycles. The zero-order valence-corrected chi connectivity index (χ0v) is 16.6. The number of nitrogens with zero attached hydrogens (tertiary/aromatic N) is 3. The maximum atomic E-state index is 12.8. The van der Waals surface area contributed by atoms with Gasteiger partial charge in [0.25, 0.3) is 0 Å². The number of imide groups is 1. The fourth-order valence-corrected chi connectivity index (χ4v) is 4.22. The molecule has 140 valence electrons. The minimum absolute atomic E-state index is 0.0736. The van der Waals surface area contributed by atoms with Crippen molar-refractivity contribution in [2.45, 2.75) is 12.3 Å². The number of hydrogen-bond acceptors (Lipinski definition) is 4. The summed E-state index contributed by atoms with van der Waals surface area (Å²) < 4.78 is 0.927. The summed E-state index contributed by atoms with van der Waals surface area (Å²) in [4.78, 5) is 31.3. The first-order chi connectivity index (χ1) is 13.1. The Hall–Kier alpha value is -2.18. The number of para-hydroxylation sites is 1. The lowest BCUT2D eigenvalue weighted by atomic mass is 9.98. The van der Waals surface area contributed by atoms with Gasteiger partial charge in [0.2, 0.25) is 11.8 Å². The largest absolute Gasteiger partial charge is 0.369 e. The summed E-state index contributed by atoms with van der Waals surface area (Å²) in [6, 6.07) is 18.0. The van der Waals surface area contributed by atoms with E-state index in [0.717, 1.165) is 36.2 Å². The molecule has 0 aromatic heterocycles. The van der Waals surface area contributed by atoms with Gasteiger partial charge in [-0.05, 0) is 29.8 Å². The van der Waals surface area contributed by atoms with Gasteiger partial charge in [-0.2, -0.15) is 0 Å². The van der Waals surface area contributed by atoms with Crippen LogP contribution in [-0.2, 0) is 9.59 Å². The summed E-state index contributed by atoms with van der Waals surface area (Å²) in [5, 5.41) is 0. The fourth-order valence-electron chi connectivity index (χ4n) is 3.80. The highest BCUT2D eigenvalue weighted by molar-refractivity contribution is 9.10. The Morgan fingerprint density at radius 1 is 0.926 bits per heavy atom. The van der Waals surface area contributed by atoms with E-state index >= 15 is 0 Å². The van der Waals surface area contributed by atoms with Crippen LogP contribution in [0.3, 0.4) is 0 Å². The van der Waals surface area contributed by atoms with Crippen LogP contribution in [0.2, 0.25) is 0 Å². The van der Waals surface area contributed by atoms with E-state index in [1.165, 1.54) is 10.6 Å². The summed E-state index contributed by atoms with van der Waals surface area (Å²) in [5.41, 5.74) is 2.12. The van der Waals surface area contributed by atoms with Gasteiger partial charge in [-0.15, -0.1) is 0 Å². The van der Waals surface area contributed by atoms with Crippen LogP contribution in [0.1, 0.15) is 17.9 Å². The van der Waals surface area contributed by atoms with Crippen molar-refractivity contribution in [3.63, 3.8) is 0 Å². The molecule has 2 fully saturated rings. The average molecular weight is 428 g/mol. The van der Waals surface area contributed by atoms with E-state index in [-0.39, 0.29) is 24.2 Å². The highest BCUT2D eigenvalue weighted by Crippen LogP contribution is 2.31. The third kappa shape index (κ3) is 3.92. The highest BCUT2D eigenvalue weighted by Gasteiger charge is 2.40. The van der Waals surface area contributed by atoms with Crippen molar-refractivity contribution in [2.75, 3.05) is 37.7 Å². The number of rotatable bonds is 4. The first kappa shape index (κ1) is 18.2. The lowest BCUT2D eigenvalue weighted by Crippen LogP contribution is -2.51. The molecule has 2 aromatic rings. The van der Waals surface area contributed by atoms with E-state index in [9.17, 15) is 9.59 Å². The van der Waals surface area contributed by atoms with Gasteiger partial charge in [-0.25, -0.2) is 0 Å². The second-order valence-electron chi connectivity index (χ2n) is 7.05. The van der Waals surface area contributed by atoms with Crippen LogP contribution in [0.4, 0.5) is 5.69 Å². The Kier molecular flexibility index (Phi) is 5.27. The van der Waals surface area contributed by atoms with E-state index in [2.05, 4.69) is 37.9 Å². The highest BCUT2D eigenvalue weighted by atomic mass is 79.9. The fraction of sp³-hybridized carbons (Fsp3) is 0.333. The Labute approximate surface area is 167 Å². The zero-order chi connectivity index (χ0) is 18.8. The molecular formula is C21H22BrN3O2. The summed E-state index contributed by atoms with van der Waals surface area (Å²) in [6.07, 6.45) is 0.263. The molecule has 2 heterocycles. The smallest absolute Gasteiger partial charge is 0.238 e. The molecule has 27 heavy (non-hydrogen) atoms. The number of amides is 2. The second kappa shape index (κ2) is 7.82. The molecule has 0 bridgehead atoms.